The van der Waals surface area contributed by atoms with Crippen LogP contribution in [0.3, 0.4) is 0 Å². The molecule has 1 aromatic rings. The molecule has 0 spiro atoms. The molecule has 1 rings (SSSR count). The molecule has 6 heteroatoms. The SMILES string of the molecule is CCO[n+]1cc(C(F)(F)F)cc(Cl)c1C. The van der Waals surface area contributed by atoms with Crippen LogP contribution in [0.25, 0.3) is 0 Å². The molecule has 0 aliphatic carbocycles. The van der Waals surface area contributed by atoms with Crippen LogP contribution in [0.15, 0.2) is 12.3 Å². The number of hydrogen-bond donors (Lipinski definition) is 0. The minimum atomic E-state index is -4.42. The largest absolute Gasteiger partial charge is 0.422 e. The molecule has 0 aromatic carbocycles. The maximum atomic E-state index is 12.4. The van der Waals surface area contributed by atoms with E-state index in [0.29, 0.717) is 5.69 Å². The lowest BCUT2D eigenvalue weighted by molar-refractivity contribution is -0.895. The Morgan fingerprint density at radius 2 is 2.07 bits per heavy atom. The van der Waals surface area contributed by atoms with Crippen LogP contribution in [0.1, 0.15) is 18.2 Å². The molecule has 0 saturated carbocycles. The smallest absolute Gasteiger partial charge is 0.271 e. The summed E-state index contributed by atoms with van der Waals surface area (Å²) >= 11 is 5.66. The average Bonchev–Trinajstić information content (AvgIpc) is 2.11. The summed E-state index contributed by atoms with van der Waals surface area (Å²) < 4.78 is 38.2. The van der Waals surface area contributed by atoms with E-state index in [1.54, 1.807) is 13.8 Å². The van der Waals surface area contributed by atoms with Crippen molar-refractivity contribution in [3.63, 3.8) is 0 Å². The van der Waals surface area contributed by atoms with Gasteiger partial charge in [-0.3, -0.25) is 4.84 Å². The summed E-state index contributed by atoms with van der Waals surface area (Å²) in [5.41, 5.74) is -0.391. The molecule has 0 aliphatic rings. The quantitative estimate of drug-likeness (QED) is 0.724. The fourth-order valence-corrected chi connectivity index (χ4v) is 1.24. The number of rotatable bonds is 2. The molecule has 0 N–H and O–H groups in total. The molecule has 0 fully saturated rings. The molecule has 0 bridgehead atoms. The number of nitrogens with zero attached hydrogens (tertiary/aromatic N) is 1. The van der Waals surface area contributed by atoms with E-state index in [2.05, 4.69) is 0 Å². The first-order valence-corrected chi connectivity index (χ1v) is 4.66. The van der Waals surface area contributed by atoms with Gasteiger partial charge in [-0.05, 0) is 13.0 Å². The summed E-state index contributed by atoms with van der Waals surface area (Å²) in [5, 5.41) is 0.0262. The summed E-state index contributed by atoms with van der Waals surface area (Å²) in [5.74, 6) is 0. The van der Waals surface area contributed by atoms with Gasteiger partial charge in [0.1, 0.15) is 10.6 Å². The van der Waals surface area contributed by atoms with Crippen LogP contribution >= 0.6 is 11.6 Å². The molecule has 2 nitrogen and oxygen atoms in total. The third-order valence-corrected chi connectivity index (χ3v) is 2.19. The summed E-state index contributed by atoms with van der Waals surface area (Å²) in [4.78, 5) is 4.99. The lowest BCUT2D eigenvalue weighted by Crippen LogP contribution is -2.46. The molecule has 0 saturated heterocycles. The third-order valence-electron chi connectivity index (χ3n) is 1.81. The summed E-state index contributed by atoms with van der Waals surface area (Å²) in [6, 6.07) is 0.881. The molecule has 0 atom stereocenters. The van der Waals surface area contributed by atoms with Crippen molar-refractivity contribution in [3.8, 4) is 0 Å². The van der Waals surface area contributed by atoms with Crippen LogP contribution in [0, 0.1) is 6.92 Å². The maximum Gasteiger partial charge on any atom is 0.422 e. The zero-order valence-corrected chi connectivity index (χ0v) is 8.99. The molecular weight excluding hydrogens is 231 g/mol. The Balaban J connectivity index is 3.23. The summed E-state index contributed by atoms with van der Waals surface area (Å²) in [6.07, 6.45) is -3.54. The molecule has 0 aliphatic heterocycles. The van der Waals surface area contributed by atoms with E-state index in [-0.39, 0.29) is 11.6 Å². The van der Waals surface area contributed by atoms with Crippen molar-refractivity contribution in [2.75, 3.05) is 6.61 Å². The van der Waals surface area contributed by atoms with E-state index in [0.717, 1.165) is 17.0 Å². The zero-order valence-electron chi connectivity index (χ0n) is 8.23. The second kappa shape index (κ2) is 4.26. The van der Waals surface area contributed by atoms with Gasteiger partial charge in [0.15, 0.2) is 6.61 Å². The van der Waals surface area contributed by atoms with E-state index in [4.69, 9.17) is 16.4 Å². The van der Waals surface area contributed by atoms with Crippen molar-refractivity contribution in [1.29, 1.82) is 0 Å². The van der Waals surface area contributed by atoms with Crippen LogP contribution in [0.2, 0.25) is 5.02 Å². The van der Waals surface area contributed by atoms with Gasteiger partial charge in [-0.1, -0.05) is 11.6 Å². The lowest BCUT2D eigenvalue weighted by Gasteiger charge is -2.06. The highest BCUT2D eigenvalue weighted by Crippen LogP contribution is 2.30. The molecule has 84 valence electrons. The highest BCUT2D eigenvalue weighted by atomic mass is 35.5. The third kappa shape index (κ3) is 2.75. The normalized spacial score (nSPS) is 11.6. The minimum absolute atomic E-state index is 0.0262. The van der Waals surface area contributed by atoms with E-state index in [1.807, 2.05) is 0 Å². The molecule has 15 heavy (non-hydrogen) atoms. The van der Waals surface area contributed by atoms with Gasteiger partial charge in [0, 0.05) is 11.7 Å². The highest BCUT2D eigenvalue weighted by molar-refractivity contribution is 6.31. The van der Waals surface area contributed by atoms with Gasteiger partial charge in [0.25, 0.3) is 0 Å². The van der Waals surface area contributed by atoms with Gasteiger partial charge < -0.3 is 0 Å². The van der Waals surface area contributed by atoms with Crippen LogP contribution < -0.4 is 9.57 Å². The van der Waals surface area contributed by atoms with Gasteiger partial charge in [-0.25, -0.2) is 0 Å². The van der Waals surface area contributed by atoms with E-state index < -0.39 is 11.7 Å². The van der Waals surface area contributed by atoms with Gasteiger partial charge in [0.2, 0.25) is 11.9 Å². The molecule has 0 radical (unpaired) electrons. The number of alkyl halides is 3. The molecular formula is C9H10ClF3NO+. The first-order valence-electron chi connectivity index (χ1n) is 4.28. The predicted octanol–water partition coefficient (Wildman–Crippen LogP) is 2.40. The topological polar surface area (TPSA) is 13.1 Å². The fraction of sp³-hybridized carbons (Fsp3) is 0.444. The molecule has 0 amide bonds. The number of pyridine rings is 1. The fourth-order valence-electron chi connectivity index (χ4n) is 1.03. The highest BCUT2D eigenvalue weighted by Gasteiger charge is 2.35. The van der Waals surface area contributed by atoms with Crippen molar-refractivity contribution in [2.45, 2.75) is 20.0 Å². The average molecular weight is 241 g/mol. The number of aromatic nitrogens is 1. The Bertz CT molecular complexity index is 365. The Morgan fingerprint density at radius 1 is 1.47 bits per heavy atom. The van der Waals surface area contributed by atoms with E-state index >= 15 is 0 Å². The van der Waals surface area contributed by atoms with Crippen molar-refractivity contribution in [3.05, 3.63) is 28.5 Å². The predicted molar refractivity (Wildman–Crippen MR) is 48.5 cm³/mol. The number of halogens is 4. The molecule has 1 heterocycles. The second-order valence-electron chi connectivity index (χ2n) is 2.90. The van der Waals surface area contributed by atoms with E-state index in [9.17, 15) is 13.2 Å². The van der Waals surface area contributed by atoms with Crippen LogP contribution in [-0.4, -0.2) is 6.61 Å². The standard InChI is InChI=1S/C9H10ClF3NO/c1-3-15-14-5-7(9(11,12)13)4-8(10)6(14)2/h4-5H,3H2,1-2H3/q+1. The summed E-state index contributed by atoms with van der Waals surface area (Å²) in [6.45, 7) is 3.53. The van der Waals surface area contributed by atoms with Crippen molar-refractivity contribution < 1.29 is 22.7 Å². The van der Waals surface area contributed by atoms with Crippen LogP contribution in [0.4, 0.5) is 13.2 Å². The van der Waals surface area contributed by atoms with Gasteiger partial charge in [-0.15, -0.1) is 0 Å². The van der Waals surface area contributed by atoms with Gasteiger partial charge in [0.05, 0.1) is 0 Å². The Morgan fingerprint density at radius 3 is 2.53 bits per heavy atom. The van der Waals surface area contributed by atoms with Crippen molar-refractivity contribution in [2.24, 2.45) is 0 Å². The number of hydrogen-bond acceptors (Lipinski definition) is 1. The van der Waals surface area contributed by atoms with Gasteiger partial charge in [-0.2, -0.15) is 13.2 Å². The first kappa shape index (κ1) is 12.1. The van der Waals surface area contributed by atoms with Gasteiger partial charge >= 0.3 is 6.18 Å². The summed E-state index contributed by atoms with van der Waals surface area (Å²) in [7, 11) is 0. The van der Waals surface area contributed by atoms with Crippen molar-refractivity contribution in [1.82, 2.24) is 0 Å². The van der Waals surface area contributed by atoms with E-state index in [1.165, 1.54) is 0 Å². The molecule has 1 aromatic heterocycles. The van der Waals surface area contributed by atoms with Crippen molar-refractivity contribution >= 4 is 11.6 Å². The Labute approximate surface area is 90.2 Å². The minimum Gasteiger partial charge on any atom is -0.271 e. The van der Waals surface area contributed by atoms with Crippen LogP contribution in [0.5, 0.6) is 0 Å². The Kier molecular flexibility index (Phi) is 3.44. The zero-order chi connectivity index (χ0) is 11.6. The second-order valence-corrected chi connectivity index (χ2v) is 3.31. The first-order chi connectivity index (χ1) is 6.86. The molecule has 0 unspecified atom stereocenters. The lowest BCUT2D eigenvalue weighted by atomic mass is 10.2. The van der Waals surface area contributed by atoms with Crippen LogP contribution in [-0.2, 0) is 6.18 Å². The maximum absolute atomic E-state index is 12.4. The monoisotopic (exact) mass is 240 g/mol. The Hall–Kier alpha value is -0.970.